The maximum absolute atomic E-state index is 12.3. The van der Waals surface area contributed by atoms with Gasteiger partial charge >= 0.3 is 0 Å². The number of hydrogen-bond donors (Lipinski definition) is 2. The van der Waals surface area contributed by atoms with Crippen LogP contribution in [0, 0.1) is 0 Å². The summed E-state index contributed by atoms with van der Waals surface area (Å²) in [6, 6.07) is 5.41. The number of sulfone groups is 1. The van der Waals surface area contributed by atoms with Gasteiger partial charge in [0.25, 0.3) is 5.91 Å². The van der Waals surface area contributed by atoms with Gasteiger partial charge in [-0.1, -0.05) is 6.07 Å². The molecule has 1 aliphatic rings. The van der Waals surface area contributed by atoms with Crippen LogP contribution in [0.4, 0.5) is 0 Å². The number of carbonyl (C=O) groups is 1. The largest absolute Gasteiger partial charge is 0.349 e. The van der Waals surface area contributed by atoms with E-state index in [1.165, 1.54) is 4.40 Å². The third-order valence-electron chi connectivity index (χ3n) is 3.73. The summed E-state index contributed by atoms with van der Waals surface area (Å²) in [4.78, 5) is 16.4. The van der Waals surface area contributed by atoms with Crippen molar-refractivity contribution in [1.82, 2.24) is 20.0 Å². The van der Waals surface area contributed by atoms with Crippen molar-refractivity contribution >= 4 is 21.3 Å². The lowest BCUT2D eigenvalue weighted by Gasteiger charge is -2.10. The predicted octanol–water partition coefficient (Wildman–Crippen LogP) is 0.220. The third-order valence-corrected chi connectivity index (χ3v) is 4.69. The summed E-state index contributed by atoms with van der Waals surface area (Å²) in [5.41, 5.74) is 0.624. The van der Waals surface area contributed by atoms with Crippen molar-refractivity contribution in [1.29, 1.82) is 0 Å². The first-order valence-electron chi connectivity index (χ1n) is 7.15. The Labute approximate surface area is 128 Å². The van der Waals surface area contributed by atoms with Gasteiger partial charge in [0.05, 0.1) is 5.52 Å². The fourth-order valence-corrected chi connectivity index (χ4v) is 3.44. The smallest absolute Gasteiger partial charge is 0.272 e. The number of imidazole rings is 1. The summed E-state index contributed by atoms with van der Waals surface area (Å²) >= 11 is 0. The normalized spacial score (nSPS) is 18.7. The van der Waals surface area contributed by atoms with Crippen molar-refractivity contribution in [2.24, 2.45) is 0 Å². The number of fused-ring (bicyclic) bond motifs is 1. The Morgan fingerprint density at radius 3 is 3.00 bits per heavy atom. The molecule has 118 valence electrons. The van der Waals surface area contributed by atoms with E-state index in [4.69, 9.17) is 0 Å². The van der Waals surface area contributed by atoms with Crippen LogP contribution in [-0.4, -0.2) is 49.1 Å². The van der Waals surface area contributed by atoms with Crippen molar-refractivity contribution in [3.05, 3.63) is 30.1 Å². The average molecular weight is 322 g/mol. The standard InChI is InChI=1S/C14H18N4O3S/c1-22(20,21)14-17-12(11-6-2-3-8-18(11)14)13(19)16-9-10-5-4-7-15-10/h2-3,6,8,10,15H,4-5,7,9H2,1H3,(H,16,19). The van der Waals surface area contributed by atoms with E-state index in [1.807, 2.05) is 0 Å². The molecule has 8 heteroatoms. The molecule has 7 nitrogen and oxygen atoms in total. The Morgan fingerprint density at radius 1 is 1.50 bits per heavy atom. The predicted molar refractivity (Wildman–Crippen MR) is 81.7 cm³/mol. The Morgan fingerprint density at radius 2 is 2.32 bits per heavy atom. The summed E-state index contributed by atoms with van der Waals surface area (Å²) in [7, 11) is -3.51. The van der Waals surface area contributed by atoms with Gasteiger partial charge in [0, 0.05) is 25.0 Å². The van der Waals surface area contributed by atoms with Crippen LogP contribution >= 0.6 is 0 Å². The molecule has 1 atom stereocenters. The number of nitrogens with one attached hydrogen (secondary N) is 2. The first-order chi connectivity index (χ1) is 10.5. The van der Waals surface area contributed by atoms with Gasteiger partial charge in [0.2, 0.25) is 15.0 Å². The number of rotatable bonds is 4. The van der Waals surface area contributed by atoms with Gasteiger partial charge in [-0.3, -0.25) is 9.20 Å². The summed E-state index contributed by atoms with van der Waals surface area (Å²) < 4.78 is 25.1. The number of amides is 1. The quantitative estimate of drug-likeness (QED) is 0.840. The van der Waals surface area contributed by atoms with Crippen molar-refractivity contribution in [2.75, 3.05) is 19.3 Å². The molecule has 1 aliphatic heterocycles. The molecule has 0 bridgehead atoms. The van der Waals surface area contributed by atoms with Crippen molar-refractivity contribution in [2.45, 2.75) is 24.0 Å². The highest BCUT2D eigenvalue weighted by atomic mass is 32.2. The number of hydrogen-bond acceptors (Lipinski definition) is 5. The van der Waals surface area contributed by atoms with Crippen LogP contribution in [0.1, 0.15) is 23.3 Å². The van der Waals surface area contributed by atoms with Crippen LogP contribution in [0.15, 0.2) is 29.6 Å². The molecule has 3 rings (SSSR count). The van der Waals surface area contributed by atoms with Gasteiger partial charge in [-0.2, -0.15) is 0 Å². The van der Waals surface area contributed by atoms with E-state index in [2.05, 4.69) is 15.6 Å². The second kappa shape index (κ2) is 5.69. The van der Waals surface area contributed by atoms with Gasteiger partial charge in [-0.15, -0.1) is 0 Å². The number of pyridine rings is 1. The van der Waals surface area contributed by atoms with E-state index in [9.17, 15) is 13.2 Å². The lowest BCUT2D eigenvalue weighted by atomic mass is 10.2. The molecule has 0 aliphatic carbocycles. The molecule has 0 radical (unpaired) electrons. The van der Waals surface area contributed by atoms with Gasteiger partial charge in [-0.25, -0.2) is 13.4 Å². The molecule has 1 saturated heterocycles. The van der Waals surface area contributed by atoms with Gasteiger partial charge in [0.15, 0.2) is 5.69 Å². The van der Waals surface area contributed by atoms with Crippen LogP contribution in [0.5, 0.6) is 0 Å². The Hall–Kier alpha value is -1.93. The summed E-state index contributed by atoms with van der Waals surface area (Å²) in [6.45, 7) is 1.48. The van der Waals surface area contributed by atoms with Gasteiger partial charge in [-0.05, 0) is 31.5 Å². The zero-order valence-corrected chi connectivity index (χ0v) is 13.1. The molecule has 22 heavy (non-hydrogen) atoms. The van der Waals surface area contributed by atoms with E-state index < -0.39 is 9.84 Å². The maximum atomic E-state index is 12.3. The van der Waals surface area contributed by atoms with Crippen molar-refractivity contribution in [3.63, 3.8) is 0 Å². The lowest BCUT2D eigenvalue weighted by Crippen LogP contribution is -2.37. The molecule has 0 spiro atoms. The van der Waals surface area contributed by atoms with Crippen molar-refractivity contribution in [3.8, 4) is 0 Å². The zero-order chi connectivity index (χ0) is 15.7. The van der Waals surface area contributed by atoms with E-state index in [0.717, 1.165) is 25.6 Å². The van der Waals surface area contributed by atoms with Gasteiger partial charge < -0.3 is 10.6 Å². The molecular weight excluding hydrogens is 304 g/mol. The van der Waals surface area contributed by atoms with Gasteiger partial charge in [0.1, 0.15) is 0 Å². The first kappa shape index (κ1) is 15.0. The van der Waals surface area contributed by atoms with E-state index in [-0.39, 0.29) is 22.8 Å². The van der Waals surface area contributed by atoms with Crippen LogP contribution < -0.4 is 10.6 Å². The van der Waals surface area contributed by atoms with Crippen molar-refractivity contribution < 1.29 is 13.2 Å². The van der Waals surface area contributed by atoms with E-state index in [1.54, 1.807) is 24.4 Å². The molecule has 0 saturated carbocycles. The summed E-state index contributed by atoms with van der Waals surface area (Å²) in [6.07, 6.45) is 4.80. The molecule has 2 aromatic rings. The molecule has 1 fully saturated rings. The maximum Gasteiger partial charge on any atom is 0.272 e. The van der Waals surface area contributed by atoms with Crippen LogP contribution in [-0.2, 0) is 9.84 Å². The minimum Gasteiger partial charge on any atom is -0.349 e. The van der Waals surface area contributed by atoms with E-state index >= 15 is 0 Å². The third kappa shape index (κ3) is 2.84. The first-order valence-corrected chi connectivity index (χ1v) is 9.04. The fourth-order valence-electron chi connectivity index (χ4n) is 2.67. The Balaban J connectivity index is 1.91. The number of carbonyl (C=O) groups excluding carboxylic acids is 1. The average Bonchev–Trinajstić information content (AvgIpc) is 3.11. The number of nitrogens with zero attached hydrogens (tertiary/aromatic N) is 2. The van der Waals surface area contributed by atoms with Crippen LogP contribution in [0.25, 0.3) is 5.52 Å². The number of aromatic nitrogens is 2. The molecular formula is C14H18N4O3S. The molecule has 0 aromatic carbocycles. The molecule has 2 aromatic heterocycles. The molecule has 2 N–H and O–H groups in total. The minimum absolute atomic E-state index is 0.118. The molecule has 1 amide bonds. The highest BCUT2D eigenvalue weighted by Gasteiger charge is 2.23. The summed E-state index contributed by atoms with van der Waals surface area (Å²) in [5.74, 6) is -0.354. The van der Waals surface area contributed by atoms with E-state index in [0.29, 0.717) is 12.1 Å². The lowest BCUT2D eigenvalue weighted by molar-refractivity contribution is 0.0947. The SMILES string of the molecule is CS(=O)(=O)c1nc(C(=O)NCC2CCCN2)c2ccccn12. The minimum atomic E-state index is -3.51. The van der Waals surface area contributed by atoms with Crippen LogP contribution in [0.2, 0.25) is 0 Å². The Kier molecular flexibility index (Phi) is 3.88. The Bertz CT molecular complexity index is 807. The second-order valence-electron chi connectivity index (χ2n) is 5.47. The highest BCUT2D eigenvalue weighted by molar-refractivity contribution is 7.90. The zero-order valence-electron chi connectivity index (χ0n) is 12.2. The second-order valence-corrected chi connectivity index (χ2v) is 7.38. The molecule has 3 heterocycles. The topological polar surface area (TPSA) is 92.6 Å². The monoisotopic (exact) mass is 322 g/mol. The highest BCUT2D eigenvalue weighted by Crippen LogP contribution is 2.17. The molecule has 1 unspecified atom stereocenters. The van der Waals surface area contributed by atoms with Crippen LogP contribution in [0.3, 0.4) is 0 Å². The summed E-state index contributed by atoms with van der Waals surface area (Å²) in [5, 5.41) is 6.00. The fraction of sp³-hybridized carbons (Fsp3) is 0.429.